The van der Waals surface area contributed by atoms with Crippen molar-refractivity contribution in [2.75, 3.05) is 0 Å². The van der Waals surface area contributed by atoms with Gasteiger partial charge in [0.1, 0.15) is 6.61 Å². The summed E-state index contributed by atoms with van der Waals surface area (Å²) in [5, 5.41) is 9.09. The molecule has 0 aliphatic heterocycles. The molecule has 0 spiro atoms. The van der Waals surface area contributed by atoms with Crippen LogP contribution >= 0.6 is 0 Å². The van der Waals surface area contributed by atoms with Crippen molar-refractivity contribution in [3.63, 3.8) is 0 Å². The molecule has 3 nitrogen and oxygen atoms in total. The first-order valence-corrected chi connectivity index (χ1v) is 6.47. The summed E-state index contributed by atoms with van der Waals surface area (Å²) in [6.07, 6.45) is 0. The van der Waals surface area contributed by atoms with Crippen molar-refractivity contribution in [3.05, 3.63) is 34.9 Å². The van der Waals surface area contributed by atoms with Gasteiger partial charge in [0.05, 0.1) is 23.0 Å². The van der Waals surface area contributed by atoms with Gasteiger partial charge in [0.2, 0.25) is 0 Å². The van der Waals surface area contributed by atoms with Crippen LogP contribution in [0.2, 0.25) is 0 Å². The molecule has 22 heavy (non-hydrogen) atoms. The number of esters is 1. The fraction of sp³-hybridized carbons (Fsp3) is 0.467. The Kier molecular flexibility index (Phi) is 3.68. The summed E-state index contributed by atoms with van der Waals surface area (Å²) >= 11 is 0. The zero-order valence-corrected chi connectivity index (χ0v) is 12.1. The Labute approximate surface area is 124 Å². The maximum absolute atomic E-state index is 13.5. The van der Waals surface area contributed by atoms with E-state index in [0.717, 1.165) is 0 Å². The quantitative estimate of drug-likeness (QED) is 0.487. The van der Waals surface area contributed by atoms with Crippen LogP contribution in [0.1, 0.15) is 26.3 Å². The van der Waals surface area contributed by atoms with Crippen LogP contribution in [0, 0.1) is 51.3 Å². The summed E-state index contributed by atoms with van der Waals surface area (Å²) in [6.45, 7) is 4.00. The SMILES string of the molecule is CC1(C)[C@H](C(=O)OCc2c(F)c(F)cc(F)c2F)[C@]1(C)C#N. The second-order valence-electron chi connectivity index (χ2n) is 6.02. The van der Waals surface area contributed by atoms with Crippen LogP contribution < -0.4 is 0 Å². The lowest BCUT2D eigenvalue weighted by Gasteiger charge is -2.09. The first-order chi connectivity index (χ1) is 10.1. The Hall–Kier alpha value is -2.10. The van der Waals surface area contributed by atoms with E-state index in [9.17, 15) is 22.4 Å². The fourth-order valence-electron chi connectivity index (χ4n) is 2.69. The molecule has 0 unspecified atom stereocenters. The maximum Gasteiger partial charge on any atom is 0.311 e. The van der Waals surface area contributed by atoms with Gasteiger partial charge < -0.3 is 4.74 Å². The maximum atomic E-state index is 13.5. The van der Waals surface area contributed by atoms with Gasteiger partial charge in [-0.1, -0.05) is 13.8 Å². The van der Waals surface area contributed by atoms with Gasteiger partial charge in [-0.3, -0.25) is 4.79 Å². The second-order valence-corrected chi connectivity index (χ2v) is 6.02. The van der Waals surface area contributed by atoms with Crippen molar-refractivity contribution in [3.8, 4) is 6.07 Å². The summed E-state index contributed by atoms with van der Waals surface area (Å²) in [5.41, 5.74) is -2.60. The molecule has 2 atom stereocenters. The Morgan fingerprint density at radius 1 is 1.23 bits per heavy atom. The molecule has 0 N–H and O–H groups in total. The fourth-order valence-corrected chi connectivity index (χ4v) is 2.69. The lowest BCUT2D eigenvalue weighted by molar-refractivity contribution is -0.148. The van der Waals surface area contributed by atoms with Gasteiger partial charge in [0, 0.05) is 6.07 Å². The number of nitrogens with zero attached hydrogens (tertiary/aromatic N) is 1. The average molecular weight is 315 g/mol. The number of halogens is 4. The third-order valence-electron chi connectivity index (χ3n) is 4.58. The highest BCUT2D eigenvalue weighted by molar-refractivity contribution is 5.80. The Balaban J connectivity index is 2.16. The van der Waals surface area contributed by atoms with Crippen molar-refractivity contribution in [1.82, 2.24) is 0 Å². The van der Waals surface area contributed by atoms with E-state index >= 15 is 0 Å². The standard InChI is InChI=1S/C15H13F4NO2/c1-14(2)12(15(14,3)6-20)13(21)22-5-7-10(18)8(16)4-9(17)11(7)19/h4,12H,5H2,1-3H3/t12-,15-/m0/s1. The number of hydrogen-bond acceptors (Lipinski definition) is 3. The van der Waals surface area contributed by atoms with E-state index in [0.29, 0.717) is 0 Å². The lowest BCUT2D eigenvalue weighted by Crippen LogP contribution is -2.14. The minimum atomic E-state index is -1.61. The van der Waals surface area contributed by atoms with Crippen molar-refractivity contribution >= 4 is 5.97 Å². The largest absolute Gasteiger partial charge is 0.460 e. The van der Waals surface area contributed by atoms with Crippen LogP contribution in [0.3, 0.4) is 0 Å². The molecule has 118 valence electrons. The Morgan fingerprint density at radius 3 is 2.14 bits per heavy atom. The van der Waals surface area contributed by atoms with Crippen molar-refractivity contribution < 1.29 is 27.1 Å². The number of carbonyl (C=O) groups excluding carboxylic acids is 1. The minimum Gasteiger partial charge on any atom is -0.460 e. The molecule has 0 radical (unpaired) electrons. The van der Waals surface area contributed by atoms with Crippen LogP contribution in [0.25, 0.3) is 0 Å². The monoisotopic (exact) mass is 315 g/mol. The van der Waals surface area contributed by atoms with Crippen molar-refractivity contribution in [2.24, 2.45) is 16.7 Å². The molecule has 2 rings (SSSR count). The number of rotatable bonds is 3. The van der Waals surface area contributed by atoms with Gasteiger partial charge in [0.25, 0.3) is 0 Å². The van der Waals surface area contributed by atoms with Gasteiger partial charge in [-0.15, -0.1) is 0 Å². The Morgan fingerprint density at radius 2 is 1.73 bits per heavy atom. The van der Waals surface area contributed by atoms with Crippen molar-refractivity contribution in [1.29, 1.82) is 5.26 Å². The predicted octanol–water partition coefficient (Wildman–Crippen LogP) is 3.47. The molecule has 0 saturated heterocycles. The van der Waals surface area contributed by atoms with E-state index < -0.39 is 58.2 Å². The van der Waals surface area contributed by atoms with E-state index in [1.165, 1.54) is 0 Å². The molecule has 0 aromatic heterocycles. The summed E-state index contributed by atoms with van der Waals surface area (Å²) in [4.78, 5) is 12.0. The third kappa shape index (κ3) is 2.14. The highest BCUT2D eigenvalue weighted by Crippen LogP contribution is 2.68. The normalized spacial score (nSPS) is 25.5. The molecule has 1 aromatic rings. The van der Waals surface area contributed by atoms with E-state index in [-0.39, 0.29) is 6.07 Å². The molecule has 1 saturated carbocycles. The van der Waals surface area contributed by atoms with Crippen LogP contribution in [0.4, 0.5) is 17.6 Å². The Bertz CT molecular complexity index is 670. The summed E-state index contributed by atoms with van der Waals surface area (Å²) in [6, 6.07) is 2.08. The van der Waals surface area contributed by atoms with Crippen LogP contribution in [-0.4, -0.2) is 5.97 Å². The van der Waals surface area contributed by atoms with E-state index in [2.05, 4.69) is 0 Å². The molecule has 0 heterocycles. The van der Waals surface area contributed by atoms with E-state index in [1.807, 2.05) is 6.07 Å². The van der Waals surface area contributed by atoms with Gasteiger partial charge in [-0.2, -0.15) is 5.26 Å². The molecule has 0 bridgehead atoms. The van der Waals surface area contributed by atoms with Gasteiger partial charge in [0.15, 0.2) is 23.3 Å². The molecular formula is C15H13F4NO2. The number of ether oxygens (including phenoxy) is 1. The topological polar surface area (TPSA) is 50.1 Å². The smallest absolute Gasteiger partial charge is 0.311 e. The molecule has 1 aliphatic carbocycles. The number of hydrogen-bond donors (Lipinski definition) is 0. The van der Waals surface area contributed by atoms with Crippen LogP contribution in [0.15, 0.2) is 6.07 Å². The number of carbonyl (C=O) groups is 1. The van der Waals surface area contributed by atoms with Crippen molar-refractivity contribution in [2.45, 2.75) is 27.4 Å². The van der Waals surface area contributed by atoms with Gasteiger partial charge in [-0.05, 0) is 12.3 Å². The molecule has 0 amide bonds. The minimum absolute atomic E-state index is 0.0761. The van der Waals surface area contributed by atoms with Crippen LogP contribution in [-0.2, 0) is 16.1 Å². The second kappa shape index (κ2) is 4.97. The summed E-state index contributed by atoms with van der Waals surface area (Å²) in [7, 11) is 0. The molecule has 1 fully saturated rings. The molecule has 1 aromatic carbocycles. The predicted molar refractivity (Wildman–Crippen MR) is 67.1 cm³/mol. The van der Waals surface area contributed by atoms with Gasteiger partial charge >= 0.3 is 5.97 Å². The zero-order valence-electron chi connectivity index (χ0n) is 12.1. The zero-order chi connectivity index (χ0) is 16.9. The van der Waals surface area contributed by atoms with Crippen LogP contribution in [0.5, 0.6) is 0 Å². The van der Waals surface area contributed by atoms with E-state index in [1.54, 1.807) is 20.8 Å². The average Bonchev–Trinajstić information content (AvgIpc) is 2.90. The number of nitriles is 1. The summed E-state index contributed by atoms with van der Waals surface area (Å²) < 4.78 is 57.8. The molecule has 1 aliphatic rings. The van der Waals surface area contributed by atoms with Gasteiger partial charge in [-0.25, -0.2) is 17.6 Å². The highest BCUT2D eigenvalue weighted by atomic mass is 19.2. The first kappa shape index (κ1) is 16.3. The third-order valence-corrected chi connectivity index (χ3v) is 4.58. The molecule has 7 heteroatoms. The number of benzene rings is 1. The summed E-state index contributed by atoms with van der Waals surface area (Å²) in [5.74, 6) is -7.96. The first-order valence-electron chi connectivity index (χ1n) is 6.47. The highest BCUT2D eigenvalue weighted by Gasteiger charge is 2.73. The molecular weight excluding hydrogens is 302 g/mol. The lowest BCUT2D eigenvalue weighted by atomic mass is 10.0. The van der Waals surface area contributed by atoms with E-state index in [4.69, 9.17) is 10.00 Å².